The van der Waals surface area contributed by atoms with E-state index in [2.05, 4.69) is 5.32 Å². The molecule has 30 heavy (non-hydrogen) atoms. The van der Waals surface area contributed by atoms with Gasteiger partial charge in [-0.2, -0.15) is 0 Å². The summed E-state index contributed by atoms with van der Waals surface area (Å²) in [6, 6.07) is 14.2. The number of halogens is 2. The fraction of sp³-hybridized carbons (Fsp3) is 0.391. The van der Waals surface area contributed by atoms with E-state index in [1.54, 1.807) is 30.3 Å². The van der Waals surface area contributed by atoms with Crippen LogP contribution in [0.5, 0.6) is 0 Å². The number of aliphatic hydroxyl groups is 1. The van der Waals surface area contributed by atoms with Crippen molar-refractivity contribution in [1.29, 1.82) is 0 Å². The Morgan fingerprint density at radius 3 is 2.50 bits per heavy atom. The van der Waals surface area contributed by atoms with Crippen molar-refractivity contribution < 1.29 is 19.8 Å². The number of aliphatic carboxylic acids is 1. The van der Waals surface area contributed by atoms with E-state index in [1.165, 1.54) is 0 Å². The lowest BCUT2D eigenvalue weighted by atomic mass is 9.73. The number of aliphatic hydroxyl groups excluding tert-OH is 1. The number of amides is 1. The van der Waals surface area contributed by atoms with Crippen molar-refractivity contribution in [3.8, 4) is 0 Å². The van der Waals surface area contributed by atoms with Gasteiger partial charge in [0.2, 0.25) is 5.91 Å². The Morgan fingerprint density at radius 2 is 1.87 bits per heavy atom. The van der Waals surface area contributed by atoms with E-state index < -0.39 is 18.0 Å². The number of rotatable bonds is 7. The molecular weight excluding hydrogens is 425 g/mol. The van der Waals surface area contributed by atoms with Crippen LogP contribution in [0.15, 0.2) is 48.5 Å². The molecule has 1 fully saturated rings. The third kappa shape index (κ3) is 5.54. The second kappa shape index (κ2) is 9.82. The number of benzene rings is 2. The van der Waals surface area contributed by atoms with Gasteiger partial charge in [0.25, 0.3) is 0 Å². The highest BCUT2D eigenvalue weighted by Crippen LogP contribution is 2.39. The van der Waals surface area contributed by atoms with Gasteiger partial charge in [0, 0.05) is 27.9 Å². The summed E-state index contributed by atoms with van der Waals surface area (Å²) in [5, 5.41) is 24.1. The maximum absolute atomic E-state index is 12.6. The van der Waals surface area contributed by atoms with E-state index in [-0.39, 0.29) is 30.2 Å². The monoisotopic (exact) mass is 449 g/mol. The highest BCUT2D eigenvalue weighted by atomic mass is 35.5. The largest absolute Gasteiger partial charge is 0.481 e. The van der Waals surface area contributed by atoms with E-state index in [0.29, 0.717) is 22.9 Å². The van der Waals surface area contributed by atoms with Crippen LogP contribution in [-0.2, 0) is 9.59 Å². The number of nitrogens with one attached hydrogen (secondary N) is 1. The topological polar surface area (TPSA) is 86.6 Å². The van der Waals surface area contributed by atoms with Gasteiger partial charge in [0.15, 0.2) is 0 Å². The lowest BCUT2D eigenvalue weighted by Gasteiger charge is -2.40. The molecule has 3 N–H and O–H groups in total. The maximum atomic E-state index is 12.6. The third-order valence-electron chi connectivity index (χ3n) is 5.81. The Balaban J connectivity index is 1.82. The molecule has 160 valence electrons. The highest BCUT2D eigenvalue weighted by molar-refractivity contribution is 6.30. The molecule has 1 aliphatic heterocycles. The lowest BCUT2D eigenvalue weighted by Crippen LogP contribution is -2.52. The average Bonchev–Trinajstić information content (AvgIpc) is 2.69. The minimum atomic E-state index is -0.996. The van der Waals surface area contributed by atoms with Crippen LogP contribution in [0.4, 0.5) is 0 Å². The summed E-state index contributed by atoms with van der Waals surface area (Å²) in [7, 11) is 0. The molecule has 0 aliphatic carbocycles. The van der Waals surface area contributed by atoms with Gasteiger partial charge in [-0.25, -0.2) is 0 Å². The van der Waals surface area contributed by atoms with Crippen molar-refractivity contribution >= 4 is 35.1 Å². The van der Waals surface area contributed by atoms with E-state index in [1.807, 2.05) is 25.1 Å². The number of carboxylic acid groups (broad SMARTS) is 1. The van der Waals surface area contributed by atoms with Gasteiger partial charge < -0.3 is 15.5 Å². The maximum Gasteiger partial charge on any atom is 0.304 e. The normalized spacial score (nSPS) is 23.5. The van der Waals surface area contributed by atoms with Crippen LogP contribution in [0, 0.1) is 11.8 Å². The molecule has 5 nitrogen and oxygen atoms in total. The molecule has 1 saturated heterocycles. The van der Waals surface area contributed by atoms with Gasteiger partial charge in [-0.1, -0.05) is 54.4 Å². The molecule has 1 unspecified atom stereocenters. The molecule has 3 rings (SSSR count). The molecule has 5 atom stereocenters. The van der Waals surface area contributed by atoms with Crippen LogP contribution in [0.3, 0.4) is 0 Å². The Labute approximate surface area is 186 Å². The van der Waals surface area contributed by atoms with Crippen molar-refractivity contribution in [3.05, 3.63) is 69.7 Å². The minimum absolute atomic E-state index is 0.0608. The summed E-state index contributed by atoms with van der Waals surface area (Å²) in [6.45, 7) is 1.99. The molecule has 1 heterocycles. The number of carbonyl (C=O) groups is 2. The third-order valence-corrected chi connectivity index (χ3v) is 6.30. The van der Waals surface area contributed by atoms with Gasteiger partial charge in [-0.05, 0) is 54.2 Å². The minimum Gasteiger partial charge on any atom is -0.481 e. The molecule has 1 aliphatic rings. The first-order valence-electron chi connectivity index (χ1n) is 9.95. The molecule has 1 amide bonds. The molecule has 0 aromatic heterocycles. The predicted octanol–water partition coefficient (Wildman–Crippen LogP) is 4.82. The number of piperidine rings is 1. The average molecular weight is 450 g/mol. The quantitative estimate of drug-likeness (QED) is 0.565. The zero-order valence-electron chi connectivity index (χ0n) is 16.6. The van der Waals surface area contributed by atoms with Crippen LogP contribution >= 0.6 is 23.2 Å². The molecule has 2 aromatic rings. The van der Waals surface area contributed by atoms with Crippen molar-refractivity contribution in [1.82, 2.24) is 5.32 Å². The number of hydrogen-bond acceptors (Lipinski definition) is 3. The second-order valence-corrected chi connectivity index (χ2v) is 8.88. The van der Waals surface area contributed by atoms with Crippen molar-refractivity contribution in [3.63, 3.8) is 0 Å². The fourth-order valence-electron chi connectivity index (χ4n) is 4.27. The molecule has 2 aromatic carbocycles. The summed E-state index contributed by atoms with van der Waals surface area (Å²) in [4.78, 5) is 23.8. The van der Waals surface area contributed by atoms with Crippen LogP contribution in [0.25, 0.3) is 0 Å². The first kappa shape index (κ1) is 22.6. The second-order valence-electron chi connectivity index (χ2n) is 8.01. The van der Waals surface area contributed by atoms with Crippen molar-refractivity contribution in [2.45, 2.75) is 44.2 Å². The van der Waals surface area contributed by atoms with Crippen molar-refractivity contribution in [2.75, 3.05) is 0 Å². The SMILES string of the molecule is CC(C[C@H](O)c1ccc(Cl)cc1)[C@@H]1NC(=O)[C@@H](CC(=O)O)C[C@@H]1c1cccc(Cl)c1. The molecule has 7 heteroatoms. The van der Waals surface area contributed by atoms with Gasteiger partial charge >= 0.3 is 5.97 Å². The summed E-state index contributed by atoms with van der Waals surface area (Å²) in [5.41, 5.74) is 1.71. The first-order valence-corrected chi connectivity index (χ1v) is 10.7. The summed E-state index contributed by atoms with van der Waals surface area (Å²) in [5.74, 6) is -2.01. The smallest absolute Gasteiger partial charge is 0.304 e. The molecule has 0 spiro atoms. The van der Waals surface area contributed by atoms with Crippen LogP contribution in [0.1, 0.15) is 49.3 Å². The van der Waals surface area contributed by atoms with Crippen LogP contribution < -0.4 is 5.32 Å². The Kier molecular flexibility index (Phi) is 7.40. The van der Waals surface area contributed by atoms with Gasteiger partial charge in [-0.3, -0.25) is 9.59 Å². The summed E-state index contributed by atoms with van der Waals surface area (Å²) < 4.78 is 0. The van der Waals surface area contributed by atoms with E-state index in [9.17, 15) is 19.8 Å². The summed E-state index contributed by atoms with van der Waals surface area (Å²) in [6.07, 6.45) is -0.0549. The van der Waals surface area contributed by atoms with Crippen molar-refractivity contribution in [2.24, 2.45) is 11.8 Å². The zero-order chi connectivity index (χ0) is 21.8. The number of carboxylic acids is 1. The number of hydrogen-bond donors (Lipinski definition) is 3. The Bertz CT molecular complexity index is 902. The molecular formula is C23H25Cl2NO4. The standard InChI is InChI=1S/C23H25Cl2NO4/c1-13(9-20(27)14-5-7-17(24)8-6-14)22-19(15-3-2-4-18(25)10-15)11-16(12-21(28)29)23(30)26-22/h2-8,10,13,16,19-20,22,27H,9,11-12H2,1H3,(H,26,30)(H,28,29)/t13?,16-,19-,20+,22+/m1/s1. The van der Waals surface area contributed by atoms with Gasteiger partial charge in [-0.15, -0.1) is 0 Å². The number of carbonyl (C=O) groups excluding carboxylic acids is 1. The lowest BCUT2D eigenvalue weighted by molar-refractivity contribution is -0.142. The molecule has 0 saturated carbocycles. The highest BCUT2D eigenvalue weighted by Gasteiger charge is 2.40. The van der Waals surface area contributed by atoms with E-state index in [0.717, 1.165) is 11.1 Å². The molecule has 0 bridgehead atoms. The summed E-state index contributed by atoms with van der Waals surface area (Å²) >= 11 is 12.1. The van der Waals surface area contributed by atoms with Gasteiger partial charge in [0.05, 0.1) is 12.5 Å². The first-order chi connectivity index (χ1) is 14.2. The fourth-order valence-corrected chi connectivity index (χ4v) is 4.59. The van der Waals surface area contributed by atoms with Crippen LogP contribution in [-0.4, -0.2) is 28.1 Å². The zero-order valence-corrected chi connectivity index (χ0v) is 18.1. The molecule has 0 radical (unpaired) electrons. The van der Waals surface area contributed by atoms with Crippen LogP contribution in [0.2, 0.25) is 10.0 Å². The predicted molar refractivity (Wildman–Crippen MR) is 117 cm³/mol. The van der Waals surface area contributed by atoms with E-state index in [4.69, 9.17) is 23.2 Å². The van der Waals surface area contributed by atoms with Gasteiger partial charge in [0.1, 0.15) is 0 Å². The Morgan fingerprint density at radius 1 is 1.17 bits per heavy atom. The van der Waals surface area contributed by atoms with E-state index >= 15 is 0 Å². The Hall–Kier alpha value is -2.08.